The minimum Gasteiger partial charge on any atom is -0.464 e. The number of fused-ring (bicyclic) bond motifs is 2. The Bertz CT molecular complexity index is 1470. The van der Waals surface area contributed by atoms with Crippen molar-refractivity contribution in [3.05, 3.63) is 77.0 Å². The highest BCUT2D eigenvalue weighted by molar-refractivity contribution is 7.20. The van der Waals surface area contributed by atoms with Gasteiger partial charge in [-0.2, -0.15) is 0 Å². The first-order valence-corrected chi connectivity index (χ1v) is 13.1. The van der Waals surface area contributed by atoms with Gasteiger partial charge >= 0.3 is 11.9 Å². The third kappa shape index (κ3) is 5.29. The predicted octanol–water partition coefficient (Wildman–Crippen LogP) is 5.94. The van der Waals surface area contributed by atoms with Crippen LogP contribution in [0.25, 0.3) is 21.4 Å². The van der Waals surface area contributed by atoms with E-state index < -0.39 is 23.9 Å². The molecule has 0 bridgehead atoms. The molecule has 1 atom stereocenters. The maximum absolute atomic E-state index is 12.9. The molecular formula is C29H27NO6S. The first-order chi connectivity index (χ1) is 17.9. The number of thiophene rings is 1. The van der Waals surface area contributed by atoms with Gasteiger partial charge in [0.1, 0.15) is 10.6 Å². The van der Waals surface area contributed by atoms with E-state index in [0.29, 0.717) is 5.00 Å². The maximum atomic E-state index is 12.9. The molecule has 190 valence electrons. The summed E-state index contributed by atoms with van der Waals surface area (Å²) in [5.41, 5.74) is 5.25. The van der Waals surface area contributed by atoms with E-state index in [2.05, 4.69) is 17.4 Å². The Morgan fingerprint density at radius 3 is 2.59 bits per heavy atom. The van der Waals surface area contributed by atoms with Crippen molar-refractivity contribution < 1.29 is 28.3 Å². The van der Waals surface area contributed by atoms with Crippen LogP contribution in [-0.2, 0) is 38.3 Å². The van der Waals surface area contributed by atoms with Crippen molar-refractivity contribution in [2.75, 3.05) is 11.9 Å². The summed E-state index contributed by atoms with van der Waals surface area (Å²) in [6, 6.07) is 15.4. The summed E-state index contributed by atoms with van der Waals surface area (Å²) >= 11 is 1.26. The van der Waals surface area contributed by atoms with Gasteiger partial charge in [0.2, 0.25) is 0 Å². The van der Waals surface area contributed by atoms with Crippen molar-refractivity contribution in [2.24, 2.45) is 0 Å². The molecular weight excluding hydrogens is 490 g/mol. The Morgan fingerprint density at radius 2 is 1.84 bits per heavy atom. The van der Waals surface area contributed by atoms with Gasteiger partial charge in [0.15, 0.2) is 6.10 Å². The number of hydrogen-bond donors (Lipinski definition) is 1. The number of carbonyl (C=O) groups excluding carboxylic acids is 3. The molecule has 0 unspecified atom stereocenters. The van der Waals surface area contributed by atoms with Crippen LogP contribution in [0.4, 0.5) is 5.00 Å². The number of amides is 1. The molecule has 2 aromatic carbocycles. The van der Waals surface area contributed by atoms with Crippen LogP contribution in [0.1, 0.15) is 47.3 Å². The molecule has 5 rings (SSSR count). The van der Waals surface area contributed by atoms with Gasteiger partial charge in [0, 0.05) is 15.8 Å². The number of anilines is 1. The molecule has 1 aliphatic rings. The second-order valence-corrected chi connectivity index (χ2v) is 10.0. The van der Waals surface area contributed by atoms with Crippen LogP contribution in [0.3, 0.4) is 0 Å². The number of esters is 2. The highest BCUT2D eigenvalue weighted by Crippen LogP contribution is 2.36. The molecule has 2 aromatic heterocycles. The van der Waals surface area contributed by atoms with E-state index in [1.54, 1.807) is 19.3 Å². The average Bonchev–Trinajstić information content (AvgIpc) is 3.62. The lowest BCUT2D eigenvalue weighted by molar-refractivity contribution is -0.152. The molecule has 4 aromatic rings. The third-order valence-electron chi connectivity index (χ3n) is 6.40. The number of rotatable bonds is 8. The summed E-state index contributed by atoms with van der Waals surface area (Å²) in [6.07, 6.45) is 3.71. The lowest BCUT2D eigenvalue weighted by Crippen LogP contribution is -2.30. The molecule has 2 heterocycles. The SMILES string of the molecule is CCOC(=O)c1cc(-c2ccccc2)sc1NC(=O)[C@@H](C)OC(=O)Cc1coc2cc3c(cc12)CCC3. The number of carbonyl (C=O) groups is 3. The van der Waals surface area contributed by atoms with Gasteiger partial charge in [-0.05, 0) is 68.0 Å². The van der Waals surface area contributed by atoms with E-state index in [-0.39, 0.29) is 18.6 Å². The van der Waals surface area contributed by atoms with Gasteiger partial charge in [-0.3, -0.25) is 9.59 Å². The number of aryl methyl sites for hydroxylation is 2. The van der Waals surface area contributed by atoms with E-state index >= 15 is 0 Å². The van der Waals surface area contributed by atoms with Crippen molar-refractivity contribution in [1.82, 2.24) is 0 Å². The lowest BCUT2D eigenvalue weighted by atomic mass is 10.0. The Labute approximate surface area is 218 Å². The molecule has 0 saturated heterocycles. The van der Waals surface area contributed by atoms with Crippen molar-refractivity contribution >= 4 is 45.2 Å². The number of nitrogens with one attached hydrogen (secondary N) is 1. The van der Waals surface area contributed by atoms with Gasteiger partial charge in [0.05, 0.1) is 24.9 Å². The number of hydrogen-bond acceptors (Lipinski definition) is 7. The largest absolute Gasteiger partial charge is 0.464 e. The third-order valence-corrected chi connectivity index (χ3v) is 7.50. The van der Waals surface area contributed by atoms with Gasteiger partial charge < -0.3 is 19.2 Å². The molecule has 1 aliphatic carbocycles. The zero-order valence-corrected chi connectivity index (χ0v) is 21.5. The van der Waals surface area contributed by atoms with Gasteiger partial charge in [-0.1, -0.05) is 30.3 Å². The van der Waals surface area contributed by atoms with Crippen molar-refractivity contribution in [2.45, 2.75) is 45.6 Å². The first-order valence-electron chi connectivity index (χ1n) is 12.3. The minimum atomic E-state index is -1.06. The summed E-state index contributed by atoms with van der Waals surface area (Å²) in [6.45, 7) is 3.43. The topological polar surface area (TPSA) is 94.8 Å². The number of furan rings is 1. The Balaban J connectivity index is 1.27. The fourth-order valence-corrected chi connectivity index (χ4v) is 5.59. The van der Waals surface area contributed by atoms with E-state index in [4.69, 9.17) is 13.9 Å². The van der Waals surface area contributed by atoms with Crippen molar-refractivity contribution in [1.29, 1.82) is 0 Å². The van der Waals surface area contributed by atoms with Gasteiger partial charge in [0.25, 0.3) is 5.91 Å². The van der Waals surface area contributed by atoms with Crippen LogP contribution in [0.5, 0.6) is 0 Å². The molecule has 1 N–H and O–H groups in total. The summed E-state index contributed by atoms with van der Waals surface area (Å²) < 4.78 is 16.3. The van der Waals surface area contributed by atoms with Crippen LogP contribution in [0.15, 0.2) is 59.2 Å². The quantitative estimate of drug-likeness (QED) is 0.291. The molecule has 0 radical (unpaired) electrons. The Kier molecular flexibility index (Phi) is 7.10. The Morgan fingerprint density at radius 1 is 1.08 bits per heavy atom. The smallest absolute Gasteiger partial charge is 0.341 e. The summed E-state index contributed by atoms with van der Waals surface area (Å²) in [5, 5.41) is 4.00. The van der Waals surface area contributed by atoms with Crippen LogP contribution < -0.4 is 5.32 Å². The highest BCUT2D eigenvalue weighted by atomic mass is 32.1. The average molecular weight is 518 g/mol. The highest BCUT2D eigenvalue weighted by Gasteiger charge is 2.25. The molecule has 8 heteroatoms. The molecule has 0 spiro atoms. The van der Waals surface area contributed by atoms with Gasteiger partial charge in [-0.15, -0.1) is 11.3 Å². The van der Waals surface area contributed by atoms with Crippen LogP contribution in [-0.4, -0.2) is 30.6 Å². The molecule has 7 nitrogen and oxygen atoms in total. The Hall–Kier alpha value is -3.91. The van der Waals surface area contributed by atoms with Crippen LogP contribution >= 0.6 is 11.3 Å². The van der Waals surface area contributed by atoms with Crippen molar-refractivity contribution in [3.8, 4) is 10.4 Å². The number of benzene rings is 2. The molecule has 1 amide bonds. The first kappa shape index (κ1) is 24.8. The maximum Gasteiger partial charge on any atom is 0.341 e. The van der Waals surface area contributed by atoms with E-state index in [0.717, 1.165) is 46.2 Å². The van der Waals surface area contributed by atoms with E-state index in [9.17, 15) is 14.4 Å². The summed E-state index contributed by atoms with van der Waals surface area (Å²) in [5.74, 6) is -1.60. The van der Waals surface area contributed by atoms with Crippen molar-refractivity contribution in [3.63, 3.8) is 0 Å². The molecule has 37 heavy (non-hydrogen) atoms. The second kappa shape index (κ2) is 10.6. The van der Waals surface area contributed by atoms with Gasteiger partial charge in [-0.25, -0.2) is 4.79 Å². The number of ether oxygens (including phenoxy) is 2. The normalized spacial score (nSPS) is 13.2. The standard InChI is InChI=1S/C29H27NO6S/c1-3-34-29(33)23-15-25(18-8-5-4-6-9-18)37-28(23)30-27(32)17(2)36-26(31)14-21-16-35-24-13-20-11-7-10-19(20)12-22(21)24/h4-6,8-9,12-13,15-17H,3,7,10-11,14H2,1-2H3,(H,30,32)/t17-/m1/s1. The second-order valence-electron chi connectivity index (χ2n) is 8.97. The van der Waals surface area contributed by atoms with Crippen LogP contribution in [0, 0.1) is 0 Å². The van der Waals surface area contributed by atoms with E-state index in [1.807, 2.05) is 30.3 Å². The predicted molar refractivity (Wildman–Crippen MR) is 142 cm³/mol. The van der Waals surface area contributed by atoms with E-state index in [1.165, 1.54) is 29.4 Å². The van der Waals surface area contributed by atoms with Crippen LogP contribution in [0.2, 0.25) is 0 Å². The summed E-state index contributed by atoms with van der Waals surface area (Å²) in [4.78, 5) is 38.9. The fraction of sp³-hybridized carbons (Fsp3) is 0.276. The monoisotopic (exact) mass is 517 g/mol. The zero-order chi connectivity index (χ0) is 25.9. The molecule has 0 saturated carbocycles. The minimum absolute atomic E-state index is 0.00532. The lowest BCUT2D eigenvalue weighted by Gasteiger charge is -2.13. The molecule has 0 aliphatic heterocycles. The molecule has 0 fully saturated rings. The summed E-state index contributed by atoms with van der Waals surface area (Å²) in [7, 11) is 0. The fourth-order valence-electron chi connectivity index (χ4n) is 4.54. The zero-order valence-electron chi connectivity index (χ0n) is 20.7.